The van der Waals surface area contributed by atoms with Crippen LogP contribution in [-0.2, 0) is 9.84 Å². The fourth-order valence-electron chi connectivity index (χ4n) is 2.55. The van der Waals surface area contributed by atoms with E-state index in [1.165, 1.54) is 11.3 Å². The van der Waals surface area contributed by atoms with Crippen LogP contribution >= 0.6 is 11.3 Å². The van der Waals surface area contributed by atoms with Crippen LogP contribution in [0.1, 0.15) is 26.5 Å². The quantitative estimate of drug-likeness (QED) is 0.867. The number of amides is 2. The molecule has 1 aliphatic rings. The first kappa shape index (κ1) is 16.7. The zero-order chi connectivity index (χ0) is 17.2. The SMILES string of the molecule is O=C(Nc1ccccc1C(=O)N[C@H]1CCS(=O)(=O)C1)c1cccs1. The van der Waals surface area contributed by atoms with E-state index in [4.69, 9.17) is 0 Å². The van der Waals surface area contributed by atoms with E-state index in [2.05, 4.69) is 10.6 Å². The number of benzene rings is 1. The molecule has 2 amide bonds. The molecule has 0 unspecified atom stereocenters. The predicted molar refractivity (Wildman–Crippen MR) is 93.2 cm³/mol. The van der Waals surface area contributed by atoms with Crippen LogP contribution in [0.2, 0.25) is 0 Å². The minimum Gasteiger partial charge on any atom is -0.348 e. The number of rotatable bonds is 4. The van der Waals surface area contributed by atoms with Gasteiger partial charge in [0.2, 0.25) is 0 Å². The number of thiophene rings is 1. The predicted octanol–water partition coefficient (Wildman–Crippen LogP) is 1.92. The monoisotopic (exact) mass is 364 g/mol. The third-order valence-corrected chi connectivity index (χ3v) is 6.37. The number of carbonyl (C=O) groups is 2. The van der Waals surface area contributed by atoms with E-state index in [0.717, 1.165) is 0 Å². The first-order valence-corrected chi connectivity index (χ1v) is 10.1. The lowest BCUT2D eigenvalue weighted by atomic mass is 10.1. The second-order valence-corrected chi connectivity index (χ2v) is 8.73. The first-order valence-electron chi connectivity index (χ1n) is 7.40. The number of nitrogens with one attached hydrogen (secondary N) is 2. The molecule has 2 N–H and O–H groups in total. The number of hydrogen-bond acceptors (Lipinski definition) is 5. The summed E-state index contributed by atoms with van der Waals surface area (Å²) in [5.41, 5.74) is 0.709. The van der Waals surface area contributed by atoms with Gasteiger partial charge >= 0.3 is 0 Å². The molecule has 2 aromatic rings. The molecule has 1 saturated heterocycles. The smallest absolute Gasteiger partial charge is 0.265 e. The molecule has 1 aromatic heterocycles. The number of sulfone groups is 1. The van der Waals surface area contributed by atoms with Gasteiger partial charge in [0.25, 0.3) is 11.8 Å². The Kier molecular flexibility index (Phi) is 4.68. The Balaban J connectivity index is 1.74. The molecule has 2 heterocycles. The van der Waals surface area contributed by atoms with Crippen molar-refractivity contribution in [2.75, 3.05) is 16.8 Å². The van der Waals surface area contributed by atoms with Crippen LogP contribution < -0.4 is 10.6 Å². The van der Waals surface area contributed by atoms with Crippen LogP contribution in [0.25, 0.3) is 0 Å². The molecule has 1 aromatic carbocycles. The van der Waals surface area contributed by atoms with Crippen molar-refractivity contribution in [3.8, 4) is 0 Å². The van der Waals surface area contributed by atoms with E-state index >= 15 is 0 Å². The Morgan fingerprint density at radius 3 is 2.54 bits per heavy atom. The molecule has 0 spiro atoms. The van der Waals surface area contributed by atoms with Gasteiger partial charge in [0.15, 0.2) is 9.84 Å². The number of para-hydroxylation sites is 1. The Hall–Kier alpha value is -2.19. The van der Waals surface area contributed by atoms with Gasteiger partial charge in [-0.1, -0.05) is 18.2 Å². The molecular formula is C16H16N2O4S2. The third kappa shape index (κ3) is 3.82. The molecule has 1 aliphatic heterocycles. The number of hydrogen-bond donors (Lipinski definition) is 2. The highest BCUT2D eigenvalue weighted by Gasteiger charge is 2.29. The van der Waals surface area contributed by atoms with Crippen molar-refractivity contribution in [3.05, 3.63) is 52.2 Å². The Morgan fingerprint density at radius 1 is 1.08 bits per heavy atom. The van der Waals surface area contributed by atoms with Crippen molar-refractivity contribution in [2.45, 2.75) is 12.5 Å². The number of carbonyl (C=O) groups excluding carboxylic acids is 2. The average molecular weight is 364 g/mol. The summed E-state index contributed by atoms with van der Waals surface area (Å²) in [6, 6.07) is 9.75. The minimum atomic E-state index is -3.07. The molecule has 1 atom stereocenters. The summed E-state index contributed by atoms with van der Waals surface area (Å²) in [6.45, 7) is 0. The normalized spacial score (nSPS) is 18.9. The zero-order valence-electron chi connectivity index (χ0n) is 12.7. The van der Waals surface area contributed by atoms with Gasteiger partial charge in [0.1, 0.15) is 0 Å². The fraction of sp³-hybridized carbons (Fsp3) is 0.250. The Bertz CT molecular complexity index is 860. The van der Waals surface area contributed by atoms with Gasteiger partial charge < -0.3 is 10.6 Å². The minimum absolute atomic E-state index is 0.0392. The van der Waals surface area contributed by atoms with E-state index in [9.17, 15) is 18.0 Å². The number of anilines is 1. The summed E-state index contributed by atoms with van der Waals surface area (Å²) >= 11 is 1.31. The zero-order valence-corrected chi connectivity index (χ0v) is 14.3. The standard InChI is InChI=1S/C16H16N2O4S2/c19-15(17-11-7-9-24(21,22)10-11)12-4-1-2-5-13(12)18-16(20)14-6-3-8-23-14/h1-6,8,11H,7,9-10H2,(H,17,19)(H,18,20)/t11-/m0/s1. The van der Waals surface area contributed by atoms with E-state index in [1.54, 1.807) is 41.8 Å². The van der Waals surface area contributed by atoms with Gasteiger partial charge in [-0.25, -0.2) is 8.42 Å². The van der Waals surface area contributed by atoms with Crippen LogP contribution in [0.4, 0.5) is 5.69 Å². The van der Waals surface area contributed by atoms with Gasteiger partial charge in [-0.2, -0.15) is 0 Å². The van der Waals surface area contributed by atoms with Gasteiger partial charge in [0, 0.05) is 6.04 Å². The van der Waals surface area contributed by atoms with Gasteiger partial charge in [-0.3, -0.25) is 9.59 Å². The van der Waals surface area contributed by atoms with Crippen molar-refractivity contribution in [3.63, 3.8) is 0 Å². The Morgan fingerprint density at radius 2 is 1.88 bits per heavy atom. The highest BCUT2D eigenvalue weighted by molar-refractivity contribution is 7.91. The lowest BCUT2D eigenvalue weighted by molar-refractivity contribution is 0.0942. The molecular weight excluding hydrogens is 348 g/mol. The third-order valence-electron chi connectivity index (χ3n) is 3.73. The lowest BCUT2D eigenvalue weighted by Gasteiger charge is -2.14. The topological polar surface area (TPSA) is 92.3 Å². The molecule has 0 bridgehead atoms. The van der Waals surface area contributed by atoms with Crippen LogP contribution in [-0.4, -0.2) is 37.8 Å². The van der Waals surface area contributed by atoms with E-state index in [0.29, 0.717) is 22.5 Å². The molecule has 24 heavy (non-hydrogen) atoms. The summed E-state index contributed by atoms with van der Waals surface area (Å²) in [7, 11) is -3.07. The average Bonchev–Trinajstić information content (AvgIpc) is 3.17. The molecule has 0 aliphatic carbocycles. The second kappa shape index (κ2) is 6.74. The molecule has 3 rings (SSSR count). The van der Waals surface area contributed by atoms with Gasteiger partial charge in [-0.05, 0) is 30.0 Å². The van der Waals surface area contributed by atoms with E-state index in [1.807, 2.05) is 0 Å². The molecule has 0 saturated carbocycles. The van der Waals surface area contributed by atoms with Gasteiger partial charge in [-0.15, -0.1) is 11.3 Å². The molecule has 8 heteroatoms. The Labute approximate surface area is 143 Å². The maximum atomic E-state index is 12.4. The largest absolute Gasteiger partial charge is 0.348 e. The van der Waals surface area contributed by atoms with Crippen LogP contribution in [0, 0.1) is 0 Å². The molecule has 0 radical (unpaired) electrons. The van der Waals surface area contributed by atoms with Crippen LogP contribution in [0.5, 0.6) is 0 Å². The summed E-state index contributed by atoms with van der Waals surface area (Å²) in [5, 5.41) is 7.26. The summed E-state index contributed by atoms with van der Waals surface area (Å²) in [5.74, 6) is -0.621. The van der Waals surface area contributed by atoms with E-state index < -0.39 is 9.84 Å². The van der Waals surface area contributed by atoms with E-state index in [-0.39, 0.29) is 29.4 Å². The molecule has 6 nitrogen and oxygen atoms in total. The highest BCUT2D eigenvalue weighted by atomic mass is 32.2. The van der Waals surface area contributed by atoms with Crippen LogP contribution in [0.15, 0.2) is 41.8 Å². The highest BCUT2D eigenvalue weighted by Crippen LogP contribution is 2.19. The van der Waals surface area contributed by atoms with Crippen molar-refractivity contribution in [2.24, 2.45) is 0 Å². The maximum Gasteiger partial charge on any atom is 0.265 e. The molecule has 126 valence electrons. The van der Waals surface area contributed by atoms with Gasteiger partial charge in [0.05, 0.1) is 27.6 Å². The summed E-state index contributed by atoms with van der Waals surface area (Å²) < 4.78 is 23.0. The fourth-order valence-corrected chi connectivity index (χ4v) is 4.85. The van der Waals surface area contributed by atoms with Crippen molar-refractivity contribution < 1.29 is 18.0 Å². The maximum absolute atomic E-state index is 12.4. The summed E-state index contributed by atoms with van der Waals surface area (Å²) in [4.78, 5) is 25.2. The van der Waals surface area contributed by atoms with Crippen LogP contribution in [0.3, 0.4) is 0 Å². The van der Waals surface area contributed by atoms with Crippen molar-refractivity contribution in [1.82, 2.24) is 5.32 Å². The lowest BCUT2D eigenvalue weighted by Crippen LogP contribution is -2.36. The van der Waals surface area contributed by atoms with Crippen molar-refractivity contribution in [1.29, 1.82) is 0 Å². The van der Waals surface area contributed by atoms with Crippen molar-refractivity contribution >= 4 is 38.7 Å². The first-order chi connectivity index (χ1) is 11.4. The summed E-state index contributed by atoms with van der Waals surface area (Å²) in [6.07, 6.45) is 0.414. The molecule has 1 fully saturated rings. The second-order valence-electron chi connectivity index (χ2n) is 5.55.